The molecule has 1 amide bonds. The summed E-state index contributed by atoms with van der Waals surface area (Å²) in [6.07, 6.45) is 0.427. The van der Waals surface area contributed by atoms with E-state index in [1.807, 2.05) is 6.92 Å². The van der Waals surface area contributed by atoms with Crippen molar-refractivity contribution in [2.75, 3.05) is 6.54 Å². The molecule has 1 saturated heterocycles. The van der Waals surface area contributed by atoms with Crippen LogP contribution in [0, 0.1) is 6.92 Å². The SMILES string of the molecule is Cc1nnn(Cc2cc(C(F)(F)F)ccc2C=CC(=O)N2CCCC2C)n1. The minimum absolute atomic E-state index is 0.0265. The molecular weight excluding hydrogens is 359 g/mol. The number of amides is 1. The molecule has 0 bridgehead atoms. The number of carbonyl (C=O) groups is 1. The minimum atomic E-state index is -4.45. The Balaban J connectivity index is 1.88. The molecule has 2 heterocycles. The average Bonchev–Trinajstić information content (AvgIpc) is 3.20. The topological polar surface area (TPSA) is 63.9 Å². The Morgan fingerprint density at radius 1 is 1.37 bits per heavy atom. The van der Waals surface area contributed by atoms with E-state index in [4.69, 9.17) is 0 Å². The molecule has 3 rings (SSSR count). The lowest BCUT2D eigenvalue weighted by Gasteiger charge is -2.19. The van der Waals surface area contributed by atoms with Gasteiger partial charge < -0.3 is 4.90 Å². The molecule has 0 saturated carbocycles. The lowest BCUT2D eigenvalue weighted by atomic mass is 10.0. The molecule has 1 aromatic heterocycles. The van der Waals surface area contributed by atoms with E-state index in [2.05, 4.69) is 15.4 Å². The largest absolute Gasteiger partial charge is 0.416 e. The number of likely N-dealkylation sites (tertiary alicyclic amines) is 1. The molecule has 1 aliphatic rings. The second-order valence-electron chi connectivity index (χ2n) is 6.63. The van der Waals surface area contributed by atoms with Gasteiger partial charge in [-0.1, -0.05) is 6.07 Å². The lowest BCUT2D eigenvalue weighted by Crippen LogP contribution is -2.32. The van der Waals surface area contributed by atoms with Crippen LogP contribution in [0.3, 0.4) is 0 Å². The number of carbonyl (C=O) groups excluding carboxylic acids is 1. The highest BCUT2D eigenvalue weighted by atomic mass is 19.4. The maximum absolute atomic E-state index is 13.1. The van der Waals surface area contributed by atoms with Crippen molar-refractivity contribution in [1.29, 1.82) is 0 Å². The molecule has 27 heavy (non-hydrogen) atoms. The zero-order chi connectivity index (χ0) is 19.6. The van der Waals surface area contributed by atoms with Crippen molar-refractivity contribution in [3.8, 4) is 0 Å². The van der Waals surface area contributed by atoms with Crippen molar-refractivity contribution < 1.29 is 18.0 Å². The Morgan fingerprint density at radius 3 is 2.74 bits per heavy atom. The van der Waals surface area contributed by atoms with E-state index in [-0.39, 0.29) is 18.5 Å². The van der Waals surface area contributed by atoms with Crippen molar-refractivity contribution in [3.05, 3.63) is 46.8 Å². The number of hydrogen-bond donors (Lipinski definition) is 0. The van der Waals surface area contributed by atoms with Crippen LogP contribution in [0.5, 0.6) is 0 Å². The molecular formula is C18H20F3N5O. The number of rotatable bonds is 4. The molecule has 9 heteroatoms. The van der Waals surface area contributed by atoms with E-state index < -0.39 is 11.7 Å². The summed E-state index contributed by atoms with van der Waals surface area (Å²) in [5.74, 6) is 0.290. The molecule has 1 aliphatic heterocycles. The Labute approximate surface area is 154 Å². The van der Waals surface area contributed by atoms with Gasteiger partial charge in [0.15, 0.2) is 5.82 Å². The van der Waals surface area contributed by atoms with Crippen molar-refractivity contribution in [2.24, 2.45) is 0 Å². The molecule has 1 aromatic carbocycles. The third kappa shape index (κ3) is 4.53. The average molecular weight is 379 g/mol. The zero-order valence-electron chi connectivity index (χ0n) is 15.1. The van der Waals surface area contributed by atoms with E-state index in [0.717, 1.165) is 25.0 Å². The summed E-state index contributed by atoms with van der Waals surface area (Å²) in [5, 5.41) is 11.6. The Hall–Kier alpha value is -2.71. The summed E-state index contributed by atoms with van der Waals surface area (Å²) < 4.78 is 39.2. The molecule has 0 N–H and O–H groups in total. The van der Waals surface area contributed by atoms with Crippen LogP contribution in [-0.4, -0.2) is 43.6 Å². The summed E-state index contributed by atoms with van der Waals surface area (Å²) in [5.41, 5.74) is 0.116. The van der Waals surface area contributed by atoms with Gasteiger partial charge in [-0.05, 0) is 61.2 Å². The smallest absolute Gasteiger partial charge is 0.336 e. The number of tetrazole rings is 1. The second kappa shape index (κ2) is 7.50. The number of nitrogens with zero attached hydrogens (tertiary/aromatic N) is 5. The zero-order valence-corrected chi connectivity index (χ0v) is 15.1. The maximum atomic E-state index is 13.1. The van der Waals surface area contributed by atoms with Gasteiger partial charge >= 0.3 is 6.18 Å². The van der Waals surface area contributed by atoms with Gasteiger partial charge in [0.05, 0.1) is 12.1 Å². The number of alkyl halides is 3. The van der Waals surface area contributed by atoms with Gasteiger partial charge in [-0.15, -0.1) is 10.2 Å². The van der Waals surface area contributed by atoms with Gasteiger partial charge in [-0.2, -0.15) is 18.0 Å². The van der Waals surface area contributed by atoms with Crippen LogP contribution in [0.1, 0.15) is 42.3 Å². The van der Waals surface area contributed by atoms with Crippen LogP contribution in [0.4, 0.5) is 13.2 Å². The molecule has 6 nitrogen and oxygen atoms in total. The standard InChI is InChI=1S/C18H20F3N5O/c1-12-4-3-9-25(12)17(27)8-6-14-5-7-16(18(19,20)21)10-15(14)11-26-23-13(2)22-24-26/h5-8,10,12H,3-4,9,11H2,1-2H3. The van der Waals surface area contributed by atoms with Crippen molar-refractivity contribution in [2.45, 2.75) is 45.5 Å². The molecule has 1 fully saturated rings. The maximum Gasteiger partial charge on any atom is 0.416 e. The number of aryl methyl sites for hydroxylation is 1. The van der Waals surface area contributed by atoms with Crippen LogP contribution in [0.25, 0.3) is 6.08 Å². The molecule has 1 atom stereocenters. The first kappa shape index (κ1) is 19.1. The van der Waals surface area contributed by atoms with E-state index in [1.165, 1.54) is 16.9 Å². The van der Waals surface area contributed by atoms with Crippen LogP contribution in [0.2, 0.25) is 0 Å². The summed E-state index contributed by atoms with van der Waals surface area (Å²) in [6.45, 7) is 4.36. The van der Waals surface area contributed by atoms with Gasteiger partial charge in [-0.3, -0.25) is 4.79 Å². The highest BCUT2D eigenvalue weighted by Gasteiger charge is 2.31. The van der Waals surface area contributed by atoms with Crippen LogP contribution in [0.15, 0.2) is 24.3 Å². The predicted octanol–water partition coefficient (Wildman–Crippen LogP) is 3.07. The quantitative estimate of drug-likeness (QED) is 0.766. The molecule has 0 spiro atoms. The third-order valence-corrected chi connectivity index (χ3v) is 4.58. The highest BCUT2D eigenvalue weighted by Crippen LogP contribution is 2.31. The van der Waals surface area contributed by atoms with Crippen LogP contribution >= 0.6 is 0 Å². The van der Waals surface area contributed by atoms with Crippen LogP contribution < -0.4 is 0 Å². The van der Waals surface area contributed by atoms with Gasteiger partial charge in [0.2, 0.25) is 5.91 Å². The Bertz CT molecular complexity index is 859. The molecule has 0 radical (unpaired) electrons. The lowest BCUT2D eigenvalue weighted by molar-refractivity contribution is -0.137. The fourth-order valence-corrected chi connectivity index (χ4v) is 3.14. The first-order valence-electron chi connectivity index (χ1n) is 8.67. The number of halogens is 3. The van der Waals surface area contributed by atoms with E-state index >= 15 is 0 Å². The minimum Gasteiger partial charge on any atom is -0.336 e. The predicted molar refractivity (Wildman–Crippen MR) is 92.5 cm³/mol. The third-order valence-electron chi connectivity index (χ3n) is 4.58. The monoisotopic (exact) mass is 379 g/mol. The fourth-order valence-electron chi connectivity index (χ4n) is 3.14. The summed E-state index contributed by atoms with van der Waals surface area (Å²) in [7, 11) is 0. The molecule has 0 aliphatic carbocycles. The van der Waals surface area contributed by atoms with Gasteiger partial charge in [0.25, 0.3) is 0 Å². The summed E-state index contributed by atoms with van der Waals surface area (Å²) in [6, 6.07) is 3.60. The Kier molecular flexibility index (Phi) is 5.29. The highest BCUT2D eigenvalue weighted by molar-refractivity contribution is 5.92. The molecule has 1 unspecified atom stereocenters. The van der Waals surface area contributed by atoms with Gasteiger partial charge in [0.1, 0.15) is 0 Å². The number of aromatic nitrogens is 4. The second-order valence-corrected chi connectivity index (χ2v) is 6.63. The van der Waals surface area contributed by atoms with E-state index in [0.29, 0.717) is 23.5 Å². The molecule has 2 aromatic rings. The number of benzene rings is 1. The van der Waals surface area contributed by atoms with Crippen molar-refractivity contribution in [1.82, 2.24) is 25.1 Å². The van der Waals surface area contributed by atoms with Crippen molar-refractivity contribution in [3.63, 3.8) is 0 Å². The first-order valence-corrected chi connectivity index (χ1v) is 8.67. The summed E-state index contributed by atoms with van der Waals surface area (Å²) in [4.78, 5) is 15.3. The van der Waals surface area contributed by atoms with E-state index in [9.17, 15) is 18.0 Å². The fraction of sp³-hybridized carbons (Fsp3) is 0.444. The first-order chi connectivity index (χ1) is 12.7. The summed E-state index contributed by atoms with van der Waals surface area (Å²) >= 11 is 0. The van der Waals surface area contributed by atoms with Gasteiger partial charge in [-0.25, -0.2) is 0 Å². The van der Waals surface area contributed by atoms with Crippen molar-refractivity contribution >= 4 is 12.0 Å². The molecule has 144 valence electrons. The number of hydrogen-bond acceptors (Lipinski definition) is 4. The normalized spacial score (nSPS) is 17.8. The van der Waals surface area contributed by atoms with E-state index in [1.54, 1.807) is 17.9 Å². The van der Waals surface area contributed by atoms with Crippen LogP contribution in [-0.2, 0) is 17.5 Å². The Morgan fingerprint density at radius 2 is 2.15 bits per heavy atom. The van der Waals surface area contributed by atoms with Gasteiger partial charge in [0, 0.05) is 18.7 Å².